The van der Waals surface area contributed by atoms with E-state index in [-0.39, 0.29) is 18.5 Å². The van der Waals surface area contributed by atoms with Crippen molar-refractivity contribution >= 4 is 11.9 Å². The number of carbonyl (C=O) groups is 2. The van der Waals surface area contributed by atoms with Crippen LogP contribution in [-0.2, 0) is 14.3 Å². The molecule has 3 N–H and O–H groups in total. The number of allylic oxidation sites excluding steroid dienone is 1. The van der Waals surface area contributed by atoms with E-state index in [4.69, 9.17) is 4.74 Å². The smallest absolute Gasteiger partial charge is 0.305 e. The summed E-state index contributed by atoms with van der Waals surface area (Å²) in [5.41, 5.74) is 0. The van der Waals surface area contributed by atoms with Crippen LogP contribution in [0.4, 0.5) is 0 Å². The molecule has 0 radical (unpaired) electrons. The van der Waals surface area contributed by atoms with E-state index >= 15 is 0 Å². The Morgan fingerprint density at radius 2 is 0.630 bits per heavy atom. The molecular formula is C67H131NO5. The van der Waals surface area contributed by atoms with Crippen molar-refractivity contribution in [3.8, 4) is 0 Å². The topological polar surface area (TPSA) is 95.9 Å². The van der Waals surface area contributed by atoms with Crippen LogP contribution in [0.5, 0.6) is 0 Å². The van der Waals surface area contributed by atoms with Crippen molar-refractivity contribution < 1.29 is 24.5 Å². The van der Waals surface area contributed by atoms with Crippen LogP contribution < -0.4 is 5.32 Å². The Kier molecular flexibility index (Phi) is 61.9. The number of esters is 1. The number of amides is 1. The SMILES string of the molecule is CCCCCCCCCCCCCCCCCCCCCCCC/C=C/C(O)C(CO)NC(=O)CCCCCCCCCCCCCCCCCCCCOC(=O)CCCCCCCCCCCCCCCC. The summed E-state index contributed by atoms with van der Waals surface area (Å²) in [5, 5.41) is 23.3. The number of ether oxygens (including phenoxy) is 1. The van der Waals surface area contributed by atoms with Crippen LogP contribution in [0.3, 0.4) is 0 Å². The number of nitrogens with one attached hydrogen (secondary N) is 1. The Morgan fingerprint density at radius 1 is 0.370 bits per heavy atom. The highest BCUT2D eigenvalue weighted by molar-refractivity contribution is 5.76. The van der Waals surface area contributed by atoms with Gasteiger partial charge in [0, 0.05) is 12.8 Å². The van der Waals surface area contributed by atoms with Crippen LogP contribution in [-0.4, -0.2) is 47.4 Å². The molecule has 1 amide bonds. The Hall–Kier alpha value is -1.40. The summed E-state index contributed by atoms with van der Waals surface area (Å²) in [7, 11) is 0. The van der Waals surface area contributed by atoms with Gasteiger partial charge in [0.1, 0.15) is 0 Å². The first-order valence-corrected chi connectivity index (χ1v) is 33.5. The zero-order chi connectivity index (χ0) is 52.9. The Labute approximate surface area is 457 Å². The number of rotatable bonds is 63. The third-order valence-electron chi connectivity index (χ3n) is 15.8. The summed E-state index contributed by atoms with van der Waals surface area (Å²) in [5.74, 6) is -0.0572. The zero-order valence-corrected chi connectivity index (χ0v) is 49.6. The maximum atomic E-state index is 12.5. The van der Waals surface area contributed by atoms with E-state index < -0.39 is 12.1 Å². The summed E-state index contributed by atoms with van der Waals surface area (Å²) in [6.07, 6.45) is 76.9. The van der Waals surface area contributed by atoms with Crippen molar-refractivity contribution in [1.29, 1.82) is 0 Å². The van der Waals surface area contributed by atoms with Crippen molar-refractivity contribution in [2.75, 3.05) is 13.2 Å². The number of aliphatic hydroxyl groups is 2. The summed E-state index contributed by atoms with van der Waals surface area (Å²) in [6.45, 7) is 4.94. The first-order valence-electron chi connectivity index (χ1n) is 33.5. The van der Waals surface area contributed by atoms with Crippen LogP contribution >= 0.6 is 0 Å². The van der Waals surface area contributed by atoms with Crippen molar-refractivity contribution in [3.05, 3.63) is 12.2 Å². The minimum atomic E-state index is -0.848. The number of carbonyl (C=O) groups excluding carboxylic acids is 2. The molecule has 73 heavy (non-hydrogen) atoms. The Morgan fingerprint density at radius 3 is 0.932 bits per heavy atom. The van der Waals surface area contributed by atoms with Gasteiger partial charge in [-0.25, -0.2) is 0 Å². The molecule has 0 aliphatic carbocycles. The van der Waals surface area contributed by atoms with Gasteiger partial charge in [-0.2, -0.15) is 0 Å². The average molecular weight is 1030 g/mol. The molecular weight excluding hydrogens is 899 g/mol. The molecule has 0 rings (SSSR count). The Balaban J connectivity index is 3.43. The van der Waals surface area contributed by atoms with E-state index in [0.717, 1.165) is 38.5 Å². The van der Waals surface area contributed by atoms with Crippen molar-refractivity contribution in [1.82, 2.24) is 5.32 Å². The molecule has 0 fully saturated rings. The molecule has 0 saturated heterocycles. The van der Waals surface area contributed by atoms with Crippen molar-refractivity contribution in [2.24, 2.45) is 0 Å². The predicted molar refractivity (Wildman–Crippen MR) is 320 cm³/mol. The minimum Gasteiger partial charge on any atom is -0.466 e. The molecule has 2 atom stereocenters. The van der Waals surface area contributed by atoms with Gasteiger partial charge in [-0.1, -0.05) is 347 Å². The average Bonchev–Trinajstić information content (AvgIpc) is 3.39. The van der Waals surface area contributed by atoms with Gasteiger partial charge in [-0.15, -0.1) is 0 Å². The summed E-state index contributed by atoms with van der Waals surface area (Å²) in [6, 6.07) is -0.631. The third kappa shape index (κ3) is 59.7. The molecule has 0 aromatic carbocycles. The van der Waals surface area contributed by atoms with E-state index in [0.29, 0.717) is 19.4 Å². The molecule has 0 aromatic heterocycles. The van der Waals surface area contributed by atoms with Gasteiger partial charge in [0.05, 0.1) is 25.4 Å². The highest BCUT2D eigenvalue weighted by Gasteiger charge is 2.18. The highest BCUT2D eigenvalue weighted by atomic mass is 16.5. The van der Waals surface area contributed by atoms with Crippen molar-refractivity contribution in [3.63, 3.8) is 0 Å². The fourth-order valence-electron chi connectivity index (χ4n) is 10.7. The van der Waals surface area contributed by atoms with E-state index in [2.05, 4.69) is 19.2 Å². The quantitative estimate of drug-likeness (QED) is 0.0320. The van der Waals surface area contributed by atoms with E-state index in [1.54, 1.807) is 6.08 Å². The highest BCUT2D eigenvalue weighted by Crippen LogP contribution is 2.19. The first kappa shape index (κ1) is 71.6. The molecule has 0 spiro atoms. The maximum absolute atomic E-state index is 12.5. The predicted octanol–water partition coefficient (Wildman–Crippen LogP) is 21.2. The van der Waals surface area contributed by atoms with Gasteiger partial charge < -0.3 is 20.3 Å². The number of unbranched alkanes of at least 4 members (excludes halogenated alkanes) is 52. The van der Waals surface area contributed by atoms with E-state index in [1.165, 1.54) is 315 Å². The summed E-state index contributed by atoms with van der Waals surface area (Å²) < 4.78 is 5.49. The molecule has 2 unspecified atom stereocenters. The Bertz CT molecular complexity index is 1100. The second-order valence-electron chi connectivity index (χ2n) is 23.2. The standard InChI is InChI=1S/C67H131NO5/c1-3-5-7-9-11-13-15-17-19-20-21-22-23-24-25-26-29-32-35-39-43-47-51-55-59-65(70)64(63-69)68-66(71)60-56-52-48-44-40-36-33-30-27-28-31-34-38-42-46-50-54-58-62-73-67(72)61-57-53-49-45-41-37-18-16-14-12-10-8-6-4-2/h55,59,64-65,69-70H,3-54,56-58,60-63H2,1-2H3,(H,68,71)/b59-55+. The molecule has 0 aromatic rings. The van der Waals surface area contributed by atoms with Crippen LogP contribution in [0, 0.1) is 0 Å². The van der Waals surface area contributed by atoms with Crippen molar-refractivity contribution in [2.45, 2.75) is 392 Å². The molecule has 0 heterocycles. The number of hydrogen-bond acceptors (Lipinski definition) is 5. The van der Waals surface area contributed by atoms with Crippen LogP contribution in [0.25, 0.3) is 0 Å². The van der Waals surface area contributed by atoms with Crippen LogP contribution in [0.1, 0.15) is 380 Å². The number of aliphatic hydroxyl groups excluding tert-OH is 2. The molecule has 0 aliphatic rings. The lowest BCUT2D eigenvalue weighted by Crippen LogP contribution is -2.45. The third-order valence-corrected chi connectivity index (χ3v) is 15.8. The second kappa shape index (κ2) is 63.1. The molecule has 0 bridgehead atoms. The summed E-state index contributed by atoms with van der Waals surface area (Å²) in [4.78, 5) is 24.6. The lowest BCUT2D eigenvalue weighted by atomic mass is 10.0. The number of hydrogen-bond donors (Lipinski definition) is 3. The molecule has 6 nitrogen and oxygen atoms in total. The normalized spacial score (nSPS) is 12.5. The first-order chi connectivity index (χ1) is 36.0. The van der Waals surface area contributed by atoms with Gasteiger partial charge in [-0.05, 0) is 32.1 Å². The van der Waals surface area contributed by atoms with E-state index in [9.17, 15) is 19.8 Å². The van der Waals surface area contributed by atoms with Gasteiger partial charge >= 0.3 is 5.97 Å². The van der Waals surface area contributed by atoms with Crippen LogP contribution in [0.15, 0.2) is 12.2 Å². The monoisotopic (exact) mass is 1030 g/mol. The van der Waals surface area contributed by atoms with E-state index in [1.807, 2.05) is 6.08 Å². The largest absolute Gasteiger partial charge is 0.466 e. The molecule has 0 aliphatic heterocycles. The van der Waals surface area contributed by atoms with Gasteiger partial charge in [-0.3, -0.25) is 9.59 Å². The summed E-state index contributed by atoms with van der Waals surface area (Å²) >= 11 is 0. The fourth-order valence-corrected chi connectivity index (χ4v) is 10.7. The molecule has 0 saturated carbocycles. The zero-order valence-electron chi connectivity index (χ0n) is 49.6. The lowest BCUT2D eigenvalue weighted by Gasteiger charge is -2.20. The maximum Gasteiger partial charge on any atom is 0.305 e. The molecule has 6 heteroatoms. The fraction of sp³-hybridized carbons (Fsp3) is 0.940. The lowest BCUT2D eigenvalue weighted by molar-refractivity contribution is -0.143. The minimum absolute atomic E-state index is 0.00994. The van der Waals surface area contributed by atoms with Crippen LogP contribution in [0.2, 0.25) is 0 Å². The second-order valence-corrected chi connectivity index (χ2v) is 23.2. The van der Waals surface area contributed by atoms with Gasteiger partial charge in [0.15, 0.2) is 0 Å². The van der Waals surface area contributed by atoms with Gasteiger partial charge in [0.2, 0.25) is 5.91 Å². The van der Waals surface area contributed by atoms with Gasteiger partial charge in [0.25, 0.3) is 0 Å². The molecule has 434 valence electrons.